The molecule has 0 saturated carbocycles. The number of rotatable bonds is 2. The molecule has 2 aromatic rings. The van der Waals surface area contributed by atoms with Gasteiger partial charge in [-0.3, -0.25) is 0 Å². The largest absolute Gasteiger partial charge is 0.354 e. The van der Waals surface area contributed by atoms with Gasteiger partial charge in [-0.2, -0.15) is 0 Å². The van der Waals surface area contributed by atoms with Crippen LogP contribution in [0.1, 0.15) is 5.56 Å². The zero-order chi connectivity index (χ0) is 14.8. The first-order chi connectivity index (χ1) is 10.1. The summed E-state index contributed by atoms with van der Waals surface area (Å²) in [4.78, 5) is 13.6. The van der Waals surface area contributed by atoms with Gasteiger partial charge < -0.3 is 9.80 Å². The van der Waals surface area contributed by atoms with Crippen molar-refractivity contribution in [2.24, 2.45) is 0 Å². The molecule has 0 spiro atoms. The lowest BCUT2D eigenvalue weighted by Gasteiger charge is -2.33. The zero-order valence-corrected chi connectivity index (χ0v) is 13.1. The van der Waals surface area contributed by atoms with E-state index in [0.29, 0.717) is 11.0 Å². The van der Waals surface area contributed by atoms with Crippen LogP contribution in [0.5, 0.6) is 0 Å². The molecule has 0 atom stereocenters. The van der Waals surface area contributed by atoms with Crippen molar-refractivity contribution in [2.45, 2.75) is 6.92 Å². The number of likely N-dealkylation sites (N-methyl/N-ethyl adjacent to an activating group) is 1. The van der Waals surface area contributed by atoms with Gasteiger partial charge in [-0.15, -0.1) is 0 Å². The smallest absolute Gasteiger partial charge is 0.163 e. The third-order valence-electron chi connectivity index (χ3n) is 3.82. The van der Waals surface area contributed by atoms with Gasteiger partial charge in [0.1, 0.15) is 11.0 Å². The molecule has 0 N–H and O–H groups in total. The van der Waals surface area contributed by atoms with Crippen molar-refractivity contribution >= 4 is 17.4 Å². The van der Waals surface area contributed by atoms with Gasteiger partial charge in [0.2, 0.25) is 0 Å². The highest BCUT2D eigenvalue weighted by Crippen LogP contribution is 2.23. The van der Waals surface area contributed by atoms with E-state index in [2.05, 4.69) is 40.9 Å². The SMILES string of the molecule is Cc1ccc(-c2nc(Cl)cc(N3CCN(C)CC3)n2)cc1. The highest BCUT2D eigenvalue weighted by atomic mass is 35.5. The number of aromatic nitrogens is 2. The Morgan fingerprint density at radius 1 is 1.00 bits per heavy atom. The highest BCUT2D eigenvalue weighted by Gasteiger charge is 2.17. The monoisotopic (exact) mass is 302 g/mol. The summed E-state index contributed by atoms with van der Waals surface area (Å²) >= 11 is 6.19. The fourth-order valence-corrected chi connectivity index (χ4v) is 2.61. The molecule has 4 nitrogen and oxygen atoms in total. The Balaban J connectivity index is 1.91. The molecular weight excluding hydrogens is 284 g/mol. The molecule has 0 unspecified atom stereocenters. The normalized spacial score (nSPS) is 16.2. The van der Waals surface area contributed by atoms with E-state index < -0.39 is 0 Å². The fraction of sp³-hybridized carbons (Fsp3) is 0.375. The van der Waals surface area contributed by atoms with E-state index in [1.54, 1.807) is 0 Å². The summed E-state index contributed by atoms with van der Waals surface area (Å²) in [6, 6.07) is 10.1. The van der Waals surface area contributed by atoms with Gasteiger partial charge in [0.05, 0.1) is 0 Å². The minimum atomic E-state index is 0.495. The molecule has 1 aliphatic rings. The summed E-state index contributed by atoms with van der Waals surface area (Å²) in [6.07, 6.45) is 0. The van der Waals surface area contributed by atoms with Crippen molar-refractivity contribution in [3.8, 4) is 11.4 Å². The predicted molar refractivity (Wildman–Crippen MR) is 86.9 cm³/mol. The molecule has 0 amide bonds. The number of hydrogen-bond acceptors (Lipinski definition) is 4. The maximum Gasteiger partial charge on any atom is 0.163 e. The van der Waals surface area contributed by atoms with Gasteiger partial charge in [0.15, 0.2) is 5.82 Å². The van der Waals surface area contributed by atoms with E-state index >= 15 is 0 Å². The van der Waals surface area contributed by atoms with Gasteiger partial charge in [-0.25, -0.2) is 9.97 Å². The topological polar surface area (TPSA) is 32.3 Å². The number of benzene rings is 1. The minimum Gasteiger partial charge on any atom is -0.354 e. The van der Waals surface area contributed by atoms with Crippen molar-refractivity contribution in [1.29, 1.82) is 0 Å². The third-order valence-corrected chi connectivity index (χ3v) is 4.01. The number of piperazine rings is 1. The lowest BCUT2D eigenvalue weighted by molar-refractivity contribution is 0.312. The standard InChI is InChI=1S/C16H19ClN4/c1-12-3-5-13(6-4-12)16-18-14(17)11-15(19-16)21-9-7-20(2)8-10-21/h3-6,11H,7-10H2,1-2H3. The van der Waals surface area contributed by atoms with Gasteiger partial charge in [0, 0.05) is 37.8 Å². The predicted octanol–water partition coefficient (Wildman–Crippen LogP) is 2.86. The van der Waals surface area contributed by atoms with Crippen molar-refractivity contribution in [3.05, 3.63) is 41.0 Å². The lowest BCUT2D eigenvalue weighted by atomic mass is 10.1. The van der Waals surface area contributed by atoms with Crippen LogP contribution in [0, 0.1) is 6.92 Å². The van der Waals surface area contributed by atoms with E-state index in [1.165, 1.54) is 5.56 Å². The van der Waals surface area contributed by atoms with E-state index in [-0.39, 0.29) is 0 Å². The van der Waals surface area contributed by atoms with Crippen LogP contribution in [-0.2, 0) is 0 Å². The molecule has 0 aliphatic carbocycles. The number of nitrogens with zero attached hydrogens (tertiary/aromatic N) is 4. The van der Waals surface area contributed by atoms with Crippen LogP contribution < -0.4 is 4.90 Å². The average molecular weight is 303 g/mol. The lowest BCUT2D eigenvalue weighted by Crippen LogP contribution is -2.44. The van der Waals surface area contributed by atoms with Crippen LogP contribution >= 0.6 is 11.6 Å². The first-order valence-corrected chi connectivity index (χ1v) is 7.55. The van der Waals surface area contributed by atoms with Crippen LogP contribution in [-0.4, -0.2) is 48.1 Å². The Morgan fingerprint density at radius 3 is 2.33 bits per heavy atom. The van der Waals surface area contributed by atoms with Gasteiger partial charge in [-0.05, 0) is 14.0 Å². The number of hydrogen-bond donors (Lipinski definition) is 0. The van der Waals surface area contributed by atoms with Crippen LogP contribution in [0.2, 0.25) is 5.15 Å². The molecule has 21 heavy (non-hydrogen) atoms. The van der Waals surface area contributed by atoms with E-state index in [0.717, 1.165) is 37.6 Å². The van der Waals surface area contributed by atoms with E-state index in [4.69, 9.17) is 16.6 Å². The molecule has 0 bridgehead atoms. The molecule has 1 aromatic heterocycles. The van der Waals surface area contributed by atoms with Crippen molar-refractivity contribution in [2.75, 3.05) is 38.1 Å². The second kappa shape index (κ2) is 6.00. The molecule has 2 heterocycles. The minimum absolute atomic E-state index is 0.495. The van der Waals surface area contributed by atoms with Crippen molar-refractivity contribution in [3.63, 3.8) is 0 Å². The quantitative estimate of drug-likeness (QED) is 0.799. The van der Waals surface area contributed by atoms with E-state index in [9.17, 15) is 0 Å². The van der Waals surface area contributed by atoms with E-state index in [1.807, 2.05) is 18.2 Å². The van der Waals surface area contributed by atoms with Gasteiger partial charge in [-0.1, -0.05) is 41.4 Å². The average Bonchev–Trinajstić information content (AvgIpc) is 2.48. The van der Waals surface area contributed by atoms with Crippen LogP contribution in [0.4, 0.5) is 5.82 Å². The molecule has 0 radical (unpaired) electrons. The maximum absolute atomic E-state index is 6.19. The number of halogens is 1. The van der Waals surface area contributed by atoms with Crippen LogP contribution in [0.25, 0.3) is 11.4 Å². The van der Waals surface area contributed by atoms with Crippen molar-refractivity contribution < 1.29 is 0 Å². The second-order valence-corrected chi connectivity index (χ2v) is 5.92. The Kier molecular flexibility index (Phi) is 4.08. The maximum atomic E-state index is 6.19. The molecule has 1 saturated heterocycles. The fourth-order valence-electron chi connectivity index (χ4n) is 2.44. The number of anilines is 1. The highest BCUT2D eigenvalue weighted by molar-refractivity contribution is 6.29. The second-order valence-electron chi connectivity index (χ2n) is 5.53. The molecule has 110 valence electrons. The Hall–Kier alpha value is -1.65. The number of aryl methyl sites for hydroxylation is 1. The van der Waals surface area contributed by atoms with Gasteiger partial charge in [0.25, 0.3) is 0 Å². The Morgan fingerprint density at radius 2 is 1.67 bits per heavy atom. The first kappa shape index (κ1) is 14.3. The summed E-state index contributed by atoms with van der Waals surface area (Å²) in [5, 5.41) is 0.495. The molecule has 1 aliphatic heterocycles. The van der Waals surface area contributed by atoms with Crippen LogP contribution in [0.3, 0.4) is 0 Å². The summed E-state index contributed by atoms with van der Waals surface area (Å²) < 4.78 is 0. The third kappa shape index (κ3) is 3.34. The molecule has 1 aromatic carbocycles. The molecular formula is C16H19ClN4. The molecule has 1 fully saturated rings. The summed E-state index contributed by atoms with van der Waals surface area (Å²) in [5.74, 6) is 1.61. The zero-order valence-electron chi connectivity index (χ0n) is 12.4. The molecule has 3 rings (SSSR count). The van der Waals surface area contributed by atoms with Gasteiger partial charge >= 0.3 is 0 Å². The Labute approximate surface area is 130 Å². The van der Waals surface area contributed by atoms with Crippen LogP contribution in [0.15, 0.2) is 30.3 Å². The summed E-state index contributed by atoms with van der Waals surface area (Å²) in [6.45, 7) is 6.09. The molecule has 5 heteroatoms. The van der Waals surface area contributed by atoms with Crippen molar-refractivity contribution in [1.82, 2.24) is 14.9 Å². The first-order valence-electron chi connectivity index (χ1n) is 7.17. The summed E-state index contributed by atoms with van der Waals surface area (Å²) in [5.41, 5.74) is 2.22. The summed E-state index contributed by atoms with van der Waals surface area (Å²) in [7, 11) is 2.14. The Bertz CT molecular complexity index is 619.